The first-order chi connectivity index (χ1) is 6.63. The zero-order chi connectivity index (χ0) is 10.6. The number of ether oxygens (including phenoxy) is 1. The molecule has 0 spiro atoms. The van der Waals surface area contributed by atoms with Gasteiger partial charge in [-0.05, 0) is 24.1 Å². The molecule has 0 N–H and O–H groups in total. The number of hydrogen-bond donors (Lipinski definition) is 0. The molecule has 0 fully saturated rings. The first-order valence-corrected chi connectivity index (χ1v) is 5.31. The van der Waals surface area contributed by atoms with Gasteiger partial charge in [-0.25, -0.2) is 0 Å². The van der Waals surface area contributed by atoms with E-state index in [0.29, 0.717) is 12.5 Å². The third kappa shape index (κ3) is 3.08. The minimum Gasteiger partial charge on any atom is -0.492 e. The Hall–Kier alpha value is -0.940. The number of halogens is 1. The van der Waals surface area contributed by atoms with Crippen molar-refractivity contribution in [3.8, 4) is 18.1 Å². The molecule has 0 aliphatic heterocycles. The third-order valence-electron chi connectivity index (χ3n) is 1.67. The Kier molecular flexibility index (Phi) is 4.03. The summed E-state index contributed by atoms with van der Waals surface area (Å²) in [5.74, 6) is 3.89. The van der Waals surface area contributed by atoms with Gasteiger partial charge < -0.3 is 4.74 Å². The van der Waals surface area contributed by atoms with Crippen LogP contribution in [0.5, 0.6) is 5.75 Å². The Balaban J connectivity index is 2.82. The van der Waals surface area contributed by atoms with E-state index >= 15 is 0 Å². The summed E-state index contributed by atoms with van der Waals surface area (Å²) >= 11 is 3.37. The molecule has 0 saturated heterocycles. The molecule has 1 rings (SSSR count). The fourth-order valence-corrected chi connectivity index (χ4v) is 1.36. The molecule has 0 heterocycles. The quantitative estimate of drug-likeness (QED) is 0.749. The highest BCUT2D eigenvalue weighted by Crippen LogP contribution is 2.22. The van der Waals surface area contributed by atoms with E-state index in [9.17, 15) is 0 Å². The van der Waals surface area contributed by atoms with E-state index in [1.807, 2.05) is 18.2 Å². The van der Waals surface area contributed by atoms with Gasteiger partial charge in [0, 0.05) is 4.47 Å². The van der Waals surface area contributed by atoms with Crippen LogP contribution in [0.4, 0.5) is 0 Å². The molecule has 1 aromatic rings. The topological polar surface area (TPSA) is 9.23 Å². The lowest BCUT2D eigenvalue weighted by atomic mass is 10.2. The van der Waals surface area contributed by atoms with Crippen LogP contribution in [-0.4, -0.2) is 6.61 Å². The van der Waals surface area contributed by atoms with Crippen LogP contribution >= 0.6 is 15.9 Å². The van der Waals surface area contributed by atoms with Crippen molar-refractivity contribution >= 4 is 15.9 Å². The second-order valence-corrected chi connectivity index (χ2v) is 4.41. The van der Waals surface area contributed by atoms with Crippen LogP contribution in [0.15, 0.2) is 22.7 Å². The van der Waals surface area contributed by atoms with E-state index in [1.54, 1.807) is 0 Å². The van der Waals surface area contributed by atoms with Crippen LogP contribution in [0.25, 0.3) is 0 Å². The lowest BCUT2D eigenvalue weighted by Crippen LogP contribution is -2.05. The first-order valence-electron chi connectivity index (χ1n) is 4.52. The molecular formula is C12H13BrO. The van der Waals surface area contributed by atoms with Gasteiger partial charge in [-0.3, -0.25) is 0 Å². The summed E-state index contributed by atoms with van der Waals surface area (Å²) in [5.41, 5.74) is 0.792. The van der Waals surface area contributed by atoms with Gasteiger partial charge in [0.1, 0.15) is 5.75 Å². The SMILES string of the molecule is C#Cc1cc(Br)ccc1OCC(C)C. The van der Waals surface area contributed by atoms with E-state index in [4.69, 9.17) is 11.2 Å². The van der Waals surface area contributed by atoms with Crippen molar-refractivity contribution in [2.45, 2.75) is 13.8 Å². The second-order valence-electron chi connectivity index (χ2n) is 3.49. The summed E-state index contributed by atoms with van der Waals surface area (Å²) < 4.78 is 6.56. The molecule has 0 unspecified atom stereocenters. The van der Waals surface area contributed by atoms with Crippen molar-refractivity contribution in [1.82, 2.24) is 0 Å². The summed E-state index contributed by atoms with van der Waals surface area (Å²) in [6.45, 7) is 4.90. The molecular weight excluding hydrogens is 240 g/mol. The van der Waals surface area contributed by atoms with Gasteiger partial charge in [-0.2, -0.15) is 0 Å². The van der Waals surface area contributed by atoms with E-state index in [0.717, 1.165) is 15.8 Å². The molecule has 0 radical (unpaired) electrons. The Morgan fingerprint density at radius 3 is 2.79 bits per heavy atom. The molecule has 14 heavy (non-hydrogen) atoms. The summed E-state index contributed by atoms with van der Waals surface area (Å²) in [4.78, 5) is 0. The largest absolute Gasteiger partial charge is 0.492 e. The lowest BCUT2D eigenvalue weighted by molar-refractivity contribution is 0.270. The molecule has 0 bridgehead atoms. The van der Waals surface area contributed by atoms with E-state index < -0.39 is 0 Å². The highest BCUT2D eigenvalue weighted by molar-refractivity contribution is 9.10. The Morgan fingerprint density at radius 2 is 2.21 bits per heavy atom. The maximum Gasteiger partial charge on any atom is 0.134 e. The molecule has 2 heteroatoms. The molecule has 1 nitrogen and oxygen atoms in total. The standard InChI is InChI=1S/C12H13BrO/c1-4-10-7-11(13)5-6-12(10)14-8-9(2)3/h1,5-7,9H,8H2,2-3H3. The average molecular weight is 253 g/mol. The maximum atomic E-state index is 5.58. The highest BCUT2D eigenvalue weighted by Gasteiger charge is 2.03. The molecule has 0 aliphatic rings. The monoisotopic (exact) mass is 252 g/mol. The van der Waals surface area contributed by atoms with Crippen LogP contribution in [0, 0.1) is 18.3 Å². The smallest absolute Gasteiger partial charge is 0.134 e. The van der Waals surface area contributed by atoms with Crippen LogP contribution in [0.3, 0.4) is 0 Å². The number of terminal acetylenes is 1. The fourth-order valence-electron chi connectivity index (χ4n) is 0.997. The number of rotatable bonds is 3. The van der Waals surface area contributed by atoms with Crippen molar-refractivity contribution in [2.75, 3.05) is 6.61 Å². The Morgan fingerprint density at radius 1 is 1.50 bits per heavy atom. The lowest BCUT2D eigenvalue weighted by Gasteiger charge is -2.10. The van der Waals surface area contributed by atoms with Gasteiger partial charge in [0.25, 0.3) is 0 Å². The van der Waals surface area contributed by atoms with Gasteiger partial charge in [0.05, 0.1) is 12.2 Å². The van der Waals surface area contributed by atoms with Crippen molar-refractivity contribution < 1.29 is 4.74 Å². The van der Waals surface area contributed by atoms with Crippen molar-refractivity contribution in [2.24, 2.45) is 5.92 Å². The van der Waals surface area contributed by atoms with E-state index in [2.05, 4.69) is 35.7 Å². The van der Waals surface area contributed by atoms with Crippen molar-refractivity contribution in [1.29, 1.82) is 0 Å². The summed E-state index contributed by atoms with van der Waals surface area (Å²) in [6, 6.07) is 5.70. The number of benzene rings is 1. The number of hydrogen-bond acceptors (Lipinski definition) is 1. The van der Waals surface area contributed by atoms with Gasteiger partial charge in [0.2, 0.25) is 0 Å². The molecule has 0 amide bonds. The average Bonchev–Trinajstić information content (AvgIpc) is 2.15. The molecule has 0 aliphatic carbocycles. The summed E-state index contributed by atoms with van der Waals surface area (Å²) in [6.07, 6.45) is 5.38. The van der Waals surface area contributed by atoms with Crippen LogP contribution in [0.2, 0.25) is 0 Å². The summed E-state index contributed by atoms with van der Waals surface area (Å²) in [7, 11) is 0. The molecule has 0 saturated carbocycles. The predicted molar refractivity (Wildman–Crippen MR) is 62.4 cm³/mol. The van der Waals surface area contributed by atoms with Crippen LogP contribution < -0.4 is 4.74 Å². The van der Waals surface area contributed by atoms with Gasteiger partial charge in [0.15, 0.2) is 0 Å². The summed E-state index contributed by atoms with van der Waals surface area (Å²) in [5, 5.41) is 0. The molecule has 74 valence electrons. The normalized spacial score (nSPS) is 9.93. The van der Waals surface area contributed by atoms with E-state index in [-0.39, 0.29) is 0 Å². The molecule has 0 atom stereocenters. The fraction of sp³-hybridized carbons (Fsp3) is 0.333. The Bertz CT molecular complexity index is 350. The minimum absolute atomic E-state index is 0.504. The van der Waals surface area contributed by atoms with Gasteiger partial charge in [-0.15, -0.1) is 6.42 Å². The van der Waals surface area contributed by atoms with Gasteiger partial charge in [-0.1, -0.05) is 35.7 Å². The Labute approximate surface area is 93.6 Å². The van der Waals surface area contributed by atoms with Crippen molar-refractivity contribution in [3.63, 3.8) is 0 Å². The predicted octanol–water partition coefficient (Wildman–Crippen LogP) is 3.47. The highest BCUT2D eigenvalue weighted by atomic mass is 79.9. The van der Waals surface area contributed by atoms with Crippen LogP contribution in [0.1, 0.15) is 19.4 Å². The van der Waals surface area contributed by atoms with Gasteiger partial charge >= 0.3 is 0 Å². The first kappa shape index (κ1) is 11.1. The van der Waals surface area contributed by atoms with Crippen LogP contribution in [-0.2, 0) is 0 Å². The molecule has 0 aromatic heterocycles. The second kappa shape index (κ2) is 5.07. The van der Waals surface area contributed by atoms with Crippen molar-refractivity contribution in [3.05, 3.63) is 28.2 Å². The third-order valence-corrected chi connectivity index (χ3v) is 2.16. The maximum absolute atomic E-state index is 5.58. The van der Waals surface area contributed by atoms with E-state index in [1.165, 1.54) is 0 Å². The zero-order valence-electron chi connectivity index (χ0n) is 8.38. The zero-order valence-corrected chi connectivity index (χ0v) is 9.97. The molecule has 1 aromatic carbocycles. The minimum atomic E-state index is 0.504.